The number of hydrogen-bond donors (Lipinski definition) is 1. The van der Waals surface area contributed by atoms with Gasteiger partial charge in [-0.2, -0.15) is 5.10 Å². The molecule has 2 heterocycles. The topological polar surface area (TPSA) is 58.4 Å². The van der Waals surface area contributed by atoms with Gasteiger partial charge in [0.2, 0.25) is 0 Å². The van der Waals surface area contributed by atoms with Gasteiger partial charge in [-0.05, 0) is 50.5 Å². The third-order valence-corrected chi connectivity index (χ3v) is 6.23. The lowest BCUT2D eigenvalue weighted by Gasteiger charge is -2.42. The van der Waals surface area contributed by atoms with Gasteiger partial charge in [-0.15, -0.1) is 0 Å². The highest BCUT2D eigenvalue weighted by molar-refractivity contribution is 5.94. The molecule has 1 atom stereocenters. The number of aliphatic hydroxyl groups is 1. The molecular formula is C22H29N3O2. The molecule has 5 heteroatoms. The van der Waals surface area contributed by atoms with Gasteiger partial charge in [-0.25, -0.2) is 0 Å². The maximum absolute atomic E-state index is 13.4. The number of aryl methyl sites for hydroxylation is 2. The molecule has 1 aliphatic heterocycles. The Labute approximate surface area is 161 Å². The number of rotatable bonds is 4. The number of amides is 1. The highest BCUT2D eigenvalue weighted by Crippen LogP contribution is 2.35. The Morgan fingerprint density at radius 3 is 2.74 bits per heavy atom. The maximum atomic E-state index is 13.4. The van der Waals surface area contributed by atoms with E-state index in [2.05, 4.69) is 17.2 Å². The lowest BCUT2D eigenvalue weighted by molar-refractivity contribution is 0.0264. The van der Waals surface area contributed by atoms with Crippen LogP contribution in [0.4, 0.5) is 0 Å². The summed E-state index contributed by atoms with van der Waals surface area (Å²) in [5.41, 5.74) is 3.98. The molecule has 0 saturated carbocycles. The van der Waals surface area contributed by atoms with Gasteiger partial charge in [0.1, 0.15) is 5.69 Å². The summed E-state index contributed by atoms with van der Waals surface area (Å²) < 4.78 is 1.78. The Morgan fingerprint density at radius 1 is 1.19 bits per heavy atom. The standard InChI is InChI=1S/C22H29N3O2/c1-24-20(18-10-5-6-11-19(18)23-24)21(27)25-13-7-12-22(15-25,16-26)14-17-8-3-2-4-9-17/h2-4,8-9,26H,5-7,10-16H2,1H3. The summed E-state index contributed by atoms with van der Waals surface area (Å²) in [6, 6.07) is 10.3. The van der Waals surface area contributed by atoms with E-state index in [1.165, 1.54) is 5.56 Å². The second-order valence-electron chi connectivity index (χ2n) is 8.26. The van der Waals surface area contributed by atoms with Crippen molar-refractivity contribution in [1.29, 1.82) is 0 Å². The van der Waals surface area contributed by atoms with Crippen LogP contribution in [0.15, 0.2) is 30.3 Å². The molecule has 1 aromatic carbocycles. The molecule has 0 spiro atoms. The van der Waals surface area contributed by atoms with Gasteiger partial charge in [0.05, 0.1) is 12.3 Å². The van der Waals surface area contributed by atoms with Crippen LogP contribution < -0.4 is 0 Å². The van der Waals surface area contributed by atoms with E-state index >= 15 is 0 Å². The summed E-state index contributed by atoms with van der Waals surface area (Å²) in [5, 5.41) is 14.8. The number of aliphatic hydroxyl groups excluding tert-OH is 1. The molecule has 1 saturated heterocycles. The summed E-state index contributed by atoms with van der Waals surface area (Å²) in [4.78, 5) is 15.3. The van der Waals surface area contributed by atoms with Crippen molar-refractivity contribution in [3.63, 3.8) is 0 Å². The lowest BCUT2D eigenvalue weighted by Crippen LogP contribution is -2.49. The molecule has 0 radical (unpaired) electrons. The highest BCUT2D eigenvalue weighted by atomic mass is 16.3. The maximum Gasteiger partial charge on any atom is 0.272 e. The van der Waals surface area contributed by atoms with Gasteiger partial charge in [0.15, 0.2) is 0 Å². The van der Waals surface area contributed by atoms with Crippen molar-refractivity contribution >= 4 is 5.91 Å². The number of carbonyl (C=O) groups excluding carboxylic acids is 1. The Morgan fingerprint density at radius 2 is 1.96 bits per heavy atom. The first-order valence-electron chi connectivity index (χ1n) is 10.1. The normalized spacial score (nSPS) is 22.5. The minimum Gasteiger partial charge on any atom is -0.396 e. The Balaban J connectivity index is 1.57. The van der Waals surface area contributed by atoms with E-state index in [1.807, 2.05) is 30.1 Å². The highest BCUT2D eigenvalue weighted by Gasteiger charge is 2.38. The monoisotopic (exact) mass is 367 g/mol. The number of benzene rings is 1. The van der Waals surface area contributed by atoms with Gasteiger partial charge >= 0.3 is 0 Å². The minimum absolute atomic E-state index is 0.0822. The smallest absolute Gasteiger partial charge is 0.272 e. The van der Waals surface area contributed by atoms with Gasteiger partial charge in [0.25, 0.3) is 5.91 Å². The Hall–Kier alpha value is -2.14. The van der Waals surface area contributed by atoms with E-state index in [-0.39, 0.29) is 17.9 Å². The van der Waals surface area contributed by atoms with E-state index in [1.54, 1.807) is 4.68 Å². The molecule has 1 amide bonds. The average Bonchev–Trinajstić information content (AvgIpc) is 3.04. The predicted molar refractivity (Wildman–Crippen MR) is 105 cm³/mol. The molecule has 1 aromatic heterocycles. The average molecular weight is 367 g/mol. The van der Waals surface area contributed by atoms with Crippen LogP contribution in [0.2, 0.25) is 0 Å². The molecule has 2 aromatic rings. The Kier molecular flexibility index (Phi) is 5.04. The van der Waals surface area contributed by atoms with Crippen molar-refractivity contribution < 1.29 is 9.90 Å². The van der Waals surface area contributed by atoms with E-state index in [4.69, 9.17) is 0 Å². The number of carbonyl (C=O) groups is 1. The molecule has 2 aliphatic rings. The first-order chi connectivity index (χ1) is 13.1. The zero-order valence-electron chi connectivity index (χ0n) is 16.2. The molecular weight excluding hydrogens is 338 g/mol. The van der Waals surface area contributed by atoms with Crippen LogP contribution >= 0.6 is 0 Å². The molecule has 1 unspecified atom stereocenters. The second-order valence-corrected chi connectivity index (χ2v) is 8.26. The fourth-order valence-electron chi connectivity index (χ4n) is 4.84. The molecule has 144 valence electrons. The largest absolute Gasteiger partial charge is 0.396 e. The van der Waals surface area contributed by atoms with Crippen molar-refractivity contribution in [2.45, 2.75) is 44.9 Å². The zero-order valence-corrected chi connectivity index (χ0v) is 16.2. The third-order valence-electron chi connectivity index (χ3n) is 6.23. The van der Waals surface area contributed by atoms with Gasteiger partial charge in [-0.3, -0.25) is 9.48 Å². The number of piperidine rings is 1. The third kappa shape index (κ3) is 3.53. The van der Waals surface area contributed by atoms with Crippen LogP contribution in [0.1, 0.15) is 53.0 Å². The van der Waals surface area contributed by atoms with E-state index in [0.717, 1.165) is 68.4 Å². The van der Waals surface area contributed by atoms with Crippen LogP contribution in [0.3, 0.4) is 0 Å². The van der Waals surface area contributed by atoms with Crippen molar-refractivity contribution in [2.24, 2.45) is 12.5 Å². The van der Waals surface area contributed by atoms with Crippen molar-refractivity contribution in [3.05, 3.63) is 52.8 Å². The SMILES string of the molecule is Cn1nc2c(c1C(=O)N1CCCC(CO)(Cc3ccccc3)C1)CCCC2. The second kappa shape index (κ2) is 7.47. The Bertz CT molecular complexity index is 814. The van der Waals surface area contributed by atoms with Crippen LogP contribution in [-0.4, -0.2) is 45.4 Å². The molecule has 4 rings (SSSR count). The van der Waals surface area contributed by atoms with Crippen LogP contribution in [0.5, 0.6) is 0 Å². The quantitative estimate of drug-likeness (QED) is 0.904. The van der Waals surface area contributed by atoms with E-state index in [0.29, 0.717) is 6.54 Å². The summed E-state index contributed by atoms with van der Waals surface area (Å²) >= 11 is 0. The van der Waals surface area contributed by atoms with E-state index in [9.17, 15) is 9.90 Å². The summed E-state index contributed by atoms with van der Waals surface area (Å²) in [6.07, 6.45) is 6.90. The minimum atomic E-state index is -0.256. The number of aromatic nitrogens is 2. The molecule has 1 aliphatic carbocycles. The first-order valence-corrected chi connectivity index (χ1v) is 10.1. The molecule has 5 nitrogen and oxygen atoms in total. The molecule has 1 fully saturated rings. The predicted octanol–water partition coefficient (Wildman–Crippen LogP) is 2.76. The van der Waals surface area contributed by atoms with Crippen molar-refractivity contribution in [2.75, 3.05) is 19.7 Å². The summed E-state index contributed by atoms with van der Waals surface area (Å²) in [7, 11) is 1.89. The fourth-order valence-corrected chi connectivity index (χ4v) is 4.84. The van der Waals surface area contributed by atoms with Crippen molar-refractivity contribution in [1.82, 2.24) is 14.7 Å². The molecule has 1 N–H and O–H groups in total. The first kappa shape index (κ1) is 18.2. The zero-order chi connectivity index (χ0) is 18.9. The van der Waals surface area contributed by atoms with Gasteiger partial charge < -0.3 is 10.0 Å². The number of nitrogens with zero attached hydrogens (tertiary/aromatic N) is 3. The lowest BCUT2D eigenvalue weighted by atomic mass is 9.75. The number of fused-ring (bicyclic) bond motifs is 1. The van der Waals surface area contributed by atoms with Crippen molar-refractivity contribution in [3.8, 4) is 0 Å². The van der Waals surface area contributed by atoms with Crippen LogP contribution in [0.25, 0.3) is 0 Å². The number of likely N-dealkylation sites (tertiary alicyclic amines) is 1. The summed E-state index contributed by atoms with van der Waals surface area (Å²) in [6.45, 7) is 1.47. The van der Waals surface area contributed by atoms with E-state index < -0.39 is 0 Å². The molecule has 27 heavy (non-hydrogen) atoms. The van der Waals surface area contributed by atoms with Crippen LogP contribution in [0, 0.1) is 5.41 Å². The van der Waals surface area contributed by atoms with Gasteiger partial charge in [-0.1, -0.05) is 30.3 Å². The fraction of sp³-hybridized carbons (Fsp3) is 0.545. The van der Waals surface area contributed by atoms with Gasteiger partial charge in [0, 0.05) is 31.1 Å². The summed E-state index contributed by atoms with van der Waals surface area (Å²) in [5.74, 6) is 0.0822. The number of hydrogen-bond acceptors (Lipinski definition) is 3. The van der Waals surface area contributed by atoms with Crippen LogP contribution in [-0.2, 0) is 26.3 Å². The molecule has 0 bridgehead atoms.